The molecule has 0 fully saturated rings. The third kappa shape index (κ3) is 6.78. The molecule has 0 saturated carbocycles. The van der Waals surface area contributed by atoms with E-state index in [0.717, 1.165) is 0 Å². The second kappa shape index (κ2) is 6.44. The monoisotopic (exact) mass is 247 g/mol. The molecule has 17 heavy (non-hydrogen) atoms. The molecule has 1 amide bonds. The fraction of sp³-hybridized carbons (Fsp3) is 0.818. The van der Waals surface area contributed by atoms with Crippen molar-refractivity contribution in [3.8, 4) is 0 Å². The molecular formula is C11H21NO5. The van der Waals surface area contributed by atoms with Gasteiger partial charge >= 0.3 is 12.1 Å². The fourth-order valence-electron chi connectivity index (χ4n) is 1.22. The summed E-state index contributed by atoms with van der Waals surface area (Å²) in [5.41, 5.74) is -0.706. The molecule has 0 aromatic heterocycles. The maximum atomic E-state index is 11.4. The van der Waals surface area contributed by atoms with E-state index in [2.05, 4.69) is 5.32 Å². The van der Waals surface area contributed by atoms with Crippen LogP contribution >= 0.6 is 0 Å². The molecule has 3 N–H and O–H groups in total. The van der Waals surface area contributed by atoms with Gasteiger partial charge in [-0.15, -0.1) is 0 Å². The first-order valence-electron chi connectivity index (χ1n) is 5.57. The van der Waals surface area contributed by atoms with E-state index in [0.29, 0.717) is 12.8 Å². The van der Waals surface area contributed by atoms with E-state index in [1.54, 1.807) is 20.8 Å². The summed E-state index contributed by atoms with van der Waals surface area (Å²) in [6.07, 6.45) is -1.04. The van der Waals surface area contributed by atoms with Crippen LogP contribution in [0.4, 0.5) is 4.79 Å². The lowest BCUT2D eigenvalue weighted by Gasteiger charge is -2.24. The van der Waals surface area contributed by atoms with Gasteiger partial charge in [0.1, 0.15) is 5.60 Å². The minimum absolute atomic E-state index is 0.298. The first-order valence-corrected chi connectivity index (χ1v) is 5.57. The number of carbonyl (C=O) groups is 2. The Balaban J connectivity index is 4.45. The first kappa shape index (κ1) is 15.7. The van der Waals surface area contributed by atoms with Gasteiger partial charge in [-0.1, -0.05) is 13.3 Å². The van der Waals surface area contributed by atoms with Gasteiger partial charge in [-0.05, 0) is 27.2 Å². The standard InChI is InChI=1S/C11H21NO5/c1-5-6-7(13)8(9(14)15)12-10(16)17-11(2,3)4/h7-8,13H,5-6H2,1-4H3,(H,12,16)(H,14,15). The summed E-state index contributed by atoms with van der Waals surface area (Å²) >= 11 is 0. The van der Waals surface area contributed by atoms with Crippen LogP contribution in [0.1, 0.15) is 40.5 Å². The van der Waals surface area contributed by atoms with Crippen molar-refractivity contribution >= 4 is 12.1 Å². The number of aliphatic hydroxyl groups is 1. The molecule has 100 valence electrons. The highest BCUT2D eigenvalue weighted by atomic mass is 16.6. The van der Waals surface area contributed by atoms with Crippen LogP contribution in [-0.4, -0.2) is 40.0 Å². The number of alkyl carbamates (subject to hydrolysis) is 1. The average molecular weight is 247 g/mol. The van der Waals surface area contributed by atoms with Crippen LogP contribution in [-0.2, 0) is 9.53 Å². The average Bonchev–Trinajstić information content (AvgIpc) is 2.11. The number of aliphatic carboxylic acids is 1. The molecule has 6 heteroatoms. The van der Waals surface area contributed by atoms with Crippen LogP contribution in [0.25, 0.3) is 0 Å². The van der Waals surface area contributed by atoms with E-state index >= 15 is 0 Å². The number of hydrogen-bond donors (Lipinski definition) is 3. The van der Waals surface area contributed by atoms with Gasteiger partial charge in [-0.2, -0.15) is 0 Å². The molecule has 2 atom stereocenters. The Bertz CT molecular complexity index is 272. The molecule has 0 spiro atoms. The molecule has 0 radical (unpaired) electrons. The Morgan fingerprint density at radius 1 is 1.35 bits per heavy atom. The normalized spacial score (nSPS) is 14.9. The van der Waals surface area contributed by atoms with Crippen molar-refractivity contribution in [2.24, 2.45) is 0 Å². The molecular weight excluding hydrogens is 226 g/mol. The number of carbonyl (C=O) groups excluding carboxylic acids is 1. The largest absolute Gasteiger partial charge is 0.480 e. The topological polar surface area (TPSA) is 95.9 Å². The Kier molecular flexibility index (Phi) is 5.95. The summed E-state index contributed by atoms with van der Waals surface area (Å²) in [4.78, 5) is 22.3. The number of amides is 1. The maximum absolute atomic E-state index is 11.4. The summed E-state index contributed by atoms with van der Waals surface area (Å²) in [6.45, 7) is 6.83. The van der Waals surface area contributed by atoms with Crippen molar-refractivity contribution in [1.29, 1.82) is 0 Å². The fourth-order valence-corrected chi connectivity index (χ4v) is 1.22. The third-order valence-corrected chi connectivity index (χ3v) is 1.91. The van der Waals surface area contributed by atoms with Crippen LogP contribution in [0.2, 0.25) is 0 Å². The second-order valence-electron chi connectivity index (χ2n) is 4.82. The molecule has 0 aliphatic carbocycles. The summed E-state index contributed by atoms with van der Waals surface area (Å²) < 4.78 is 4.92. The van der Waals surface area contributed by atoms with E-state index < -0.39 is 29.8 Å². The molecule has 0 heterocycles. The predicted octanol–water partition coefficient (Wildman–Crippen LogP) is 1.13. The summed E-state index contributed by atoms with van der Waals surface area (Å²) in [7, 11) is 0. The van der Waals surface area contributed by atoms with Crippen LogP contribution in [0.5, 0.6) is 0 Å². The van der Waals surface area contributed by atoms with Crippen molar-refractivity contribution < 1.29 is 24.5 Å². The Labute approximate surface area is 101 Å². The Morgan fingerprint density at radius 3 is 2.24 bits per heavy atom. The van der Waals surface area contributed by atoms with Crippen LogP contribution in [0.15, 0.2) is 0 Å². The van der Waals surface area contributed by atoms with Crippen molar-refractivity contribution in [2.45, 2.75) is 58.3 Å². The zero-order chi connectivity index (χ0) is 13.6. The highest BCUT2D eigenvalue weighted by Crippen LogP contribution is 2.08. The van der Waals surface area contributed by atoms with E-state index in [-0.39, 0.29) is 0 Å². The van der Waals surface area contributed by atoms with Crippen LogP contribution < -0.4 is 5.32 Å². The van der Waals surface area contributed by atoms with Gasteiger partial charge in [0.2, 0.25) is 0 Å². The zero-order valence-corrected chi connectivity index (χ0v) is 10.7. The molecule has 0 aromatic rings. The Morgan fingerprint density at radius 2 is 1.88 bits per heavy atom. The minimum atomic E-state index is -1.34. The van der Waals surface area contributed by atoms with Gasteiger partial charge in [0.05, 0.1) is 6.10 Å². The zero-order valence-electron chi connectivity index (χ0n) is 10.7. The molecule has 2 unspecified atom stereocenters. The van der Waals surface area contributed by atoms with E-state index in [4.69, 9.17) is 9.84 Å². The van der Waals surface area contributed by atoms with E-state index in [1.165, 1.54) is 0 Å². The van der Waals surface area contributed by atoms with Crippen molar-refractivity contribution in [2.75, 3.05) is 0 Å². The summed E-state index contributed by atoms with van der Waals surface area (Å²) in [5, 5.41) is 20.6. The van der Waals surface area contributed by atoms with Gasteiger partial charge in [0.25, 0.3) is 0 Å². The van der Waals surface area contributed by atoms with Gasteiger partial charge in [0, 0.05) is 0 Å². The lowest BCUT2D eigenvalue weighted by atomic mass is 10.1. The predicted molar refractivity (Wildman–Crippen MR) is 61.7 cm³/mol. The number of nitrogens with one attached hydrogen (secondary N) is 1. The van der Waals surface area contributed by atoms with E-state index in [1.807, 2.05) is 6.92 Å². The minimum Gasteiger partial charge on any atom is -0.480 e. The van der Waals surface area contributed by atoms with Gasteiger partial charge in [-0.25, -0.2) is 9.59 Å². The van der Waals surface area contributed by atoms with Crippen molar-refractivity contribution in [3.05, 3.63) is 0 Å². The molecule has 0 aliphatic rings. The summed E-state index contributed by atoms with van der Waals surface area (Å²) in [5.74, 6) is -1.28. The molecule has 0 bridgehead atoms. The highest BCUT2D eigenvalue weighted by molar-refractivity contribution is 5.80. The number of carboxylic acid groups (broad SMARTS) is 1. The number of hydrogen-bond acceptors (Lipinski definition) is 4. The van der Waals surface area contributed by atoms with Crippen LogP contribution in [0, 0.1) is 0 Å². The Hall–Kier alpha value is -1.30. The molecule has 0 aliphatic heterocycles. The highest BCUT2D eigenvalue weighted by Gasteiger charge is 2.29. The molecule has 0 rings (SSSR count). The molecule has 0 aromatic carbocycles. The molecule has 6 nitrogen and oxygen atoms in total. The third-order valence-electron chi connectivity index (χ3n) is 1.91. The number of aliphatic hydroxyl groups excluding tert-OH is 1. The summed E-state index contributed by atoms with van der Waals surface area (Å²) in [6, 6.07) is -1.34. The lowest BCUT2D eigenvalue weighted by molar-refractivity contribution is -0.142. The SMILES string of the molecule is CCCC(O)C(NC(=O)OC(C)(C)C)C(=O)O. The maximum Gasteiger partial charge on any atom is 0.408 e. The van der Waals surface area contributed by atoms with Crippen molar-refractivity contribution in [1.82, 2.24) is 5.32 Å². The van der Waals surface area contributed by atoms with Crippen molar-refractivity contribution in [3.63, 3.8) is 0 Å². The number of carboxylic acids is 1. The van der Waals surface area contributed by atoms with Gasteiger partial charge in [-0.3, -0.25) is 0 Å². The molecule has 0 saturated heterocycles. The smallest absolute Gasteiger partial charge is 0.408 e. The van der Waals surface area contributed by atoms with E-state index in [9.17, 15) is 14.7 Å². The van der Waals surface area contributed by atoms with Gasteiger partial charge in [0.15, 0.2) is 6.04 Å². The lowest BCUT2D eigenvalue weighted by Crippen LogP contribution is -2.50. The first-order chi connectivity index (χ1) is 7.67. The second-order valence-corrected chi connectivity index (χ2v) is 4.82. The number of rotatable bonds is 5. The van der Waals surface area contributed by atoms with Gasteiger partial charge < -0.3 is 20.3 Å². The van der Waals surface area contributed by atoms with Crippen LogP contribution in [0.3, 0.4) is 0 Å². The number of ether oxygens (including phenoxy) is 1. The quantitative estimate of drug-likeness (QED) is 0.676.